The van der Waals surface area contributed by atoms with E-state index in [0.29, 0.717) is 18.8 Å². The summed E-state index contributed by atoms with van der Waals surface area (Å²) in [7, 11) is 0. The third-order valence-electron chi connectivity index (χ3n) is 4.32. The number of carbonyl (C=O) groups is 1. The lowest BCUT2D eigenvalue weighted by atomic mass is 10.1. The lowest BCUT2D eigenvalue weighted by Gasteiger charge is -2.20. The number of nitrogens with zero attached hydrogens (tertiary/aromatic N) is 3. The zero-order valence-electron chi connectivity index (χ0n) is 14.2. The number of benzene rings is 1. The summed E-state index contributed by atoms with van der Waals surface area (Å²) in [6.45, 7) is 9.10. The summed E-state index contributed by atoms with van der Waals surface area (Å²) in [5.74, 6) is 0.00685. The molecule has 4 nitrogen and oxygen atoms in total. The molecule has 0 atom stereocenters. The van der Waals surface area contributed by atoms with Gasteiger partial charge in [-0.3, -0.25) is 4.79 Å². The molecule has 1 amide bonds. The van der Waals surface area contributed by atoms with Crippen LogP contribution in [0.15, 0.2) is 40.9 Å². The predicted molar refractivity (Wildman–Crippen MR) is 99.7 cm³/mol. The van der Waals surface area contributed by atoms with Gasteiger partial charge < -0.3 is 4.90 Å². The number of carbonyl (C=O) groups excluding carboxylic acids is 1. The lowest BCUT2D eigenvalue weighted by Crippen LogP contribution is -2.33. The molecule has 0 saturated carbocycles. The van der Waals surface area contributed by atoms with E-state index >= 15 is 0 Å². The Balaban J connectivity index is 2.03. The standard InChI is InChI=1S/C19H22BrN3O/c1-4-22(12-13(2)3)19(24)18-16-9-6-10-17(16)23(21-18)15-8-5-7-14(20)11-15/h5,7-8,11H,2,4,6,9-10,12H2,1,3H3. The van der Waals surface area contributed by atoms with Gasteiger partial charge >= 0.3 is 0 Å². The van der Waals surface area contributed by atoms with Gasteiger partial charge in [0.15, 0.2) is 5.69 Å². The molecule has 24 heavy (non-hydrogen) atoms. The van der Waals surface area contributed by atoms with Crippen LogP contribution in [-0.4, -0.2) is 33.7 Å². The average molecular weight is 388 g/mol. The summed E-state index contributed by atoms with van der Waals surface area (Å²) in [4.78, 5) is 14.8. The van der Waals surface area contributed by atoms with E-state index in [9.17, 15) is 4.79 Å². The van der Waals surface area contributed by atoms with Crippen molar-refractivity contribution in [3.63, 3.8) is 0 Å². The SMILES string of the molecule is C=C(C)CN(CC)C(=O)c1nn(-c2cccc(Br)c2)c2c1CCC2. The van der Waals surface area contributed by atoms with E-state index in [0.717, 1.165) is 40.6 Å². The first-order valence-corrected chi connectivity index (χ1v) is 9.11. The molecule has 1 heterocycles. The van der Waals surface area contributed by atoms with E-state index in [2.05, 4.69) is 22.5 Å². The number of fused-ring (bicyclic) bond motifs is 1. The summed E-state index contributed by atoms with van der Waals surface area (Å²) in [6, 6.07) is 8.04. The first-order chi connectivity index (χ1) is 11.5. The fourth-order valence-electron chi connectivity index (χ4n) is 3.23. The Morgan fingerprint density at radius 3 is 2.88 bits per heavy atom. The minimum atomic E-state index is 0.00685. The van der Waals surface area contributed by atoms with Gasteiger partial charge in [0.1, 0.15) is 0 Å². The largest absolute Gasteiger partial charge is 0.334 e. The highest BCUT2D eigenvalue weighted by atomic mass is 79.9. The van der Waals surface area contributed by atoms with Crippen LogP contribution < -0.4 is 0 Å². The highest BCUT2D eigenvalue weighted by Crippen LogP contribution is 2.29. The van der Waals surface area contributed by atoms with Gasteiger partial charge in [0, 0.05) is 28.8 Å². The second-order valence-corrected chi connectivity index (χ2v) is 7.21. The predicted octanol–water partition coefficient (Wildman–Crippen LogP) is 4.16. The van der Waals surface area contributed by atoms with Crippen LogP contribution in [0.3, 0.4) is 0 Å². The van der Waals surface area contributed by atoms with Gasteiger partial charge in [0.05, 0.1) is 5.69 Å². The van der Waals surface area contributed by atoms with Crippen LogP contribution in [0, 0.1) is 0 Å². The van der Waals surface area contributed by atoms with Crippen LogP contribution in [0.25, 0.3) is 5.69 Å². The molecule has 0 radical (unpaired) electrons. The molecule has 1 aromatic heterocycles. The second-order valence-electron chi connectivity index (χ2n) is 6.30. The fourth-order valence-corrected chi connectivity index (χ4v) is 3.62. The van der Waals surface area contributed by atoms with E-state index in [4.69, 9.17) is 5.10 Å². The normalized spacial score (nSPS) is 13.0. The Hall–Kier alpha value is -1.88. The Bertz CT molecular complexity index is 794. The third kappa shape index (κ3) is 3.18. The molecule has 1 aromatic carbocycles. The first kappa shape index (κ1) is 17.0. The Morgan fingerprint density at radius 1 is 1.42 bits per heavy atom. The van der Waals surface area contributed by atoms with Gasteiger partial charge in [-0.25, -0.2) is 4.68 Å². The summed E-state index contributed by atoms with van der Waals surface area (Å²) in [5.41, 5.74) is 4.85. The maximum Gasteiger partial charge on any atom is 0.274 e. The van der Waals surface area contributed by atoms with E-state index in [1.165, 1.54) is 5.69 Å². The number of likely N-dealkylation sites (N-methyl/N-ethyl adjacent to an activating group) is 1. The topological polar surface area (TPSA) is 38.1 Å². The Morgan fingerprint density at radius 2 is 2.21 bits per heavy atom. The quantitative estimate of drug-likeness (QED) is 0.722. The van der Waals surface area contributed by atoms with E-state index in [1.807, 2.05) is 47.7 Å². The van der Waals surface area contributed by atoms with Crippen LogP contribution >= 0.6 is 15.9 Å². The van der Waals surface area contributed by atoms with Crippen molar-refractivity contribution in [2.45, 2.75) is 33.1 Å². The van der Waals surface area contributed by atoms with Crippen molar-refractivity contribution < 1.29 is 4.79 Å². The summed E-state index contributed by atoms with van der Waals surface area (Å²) in [6.07, 6.45) is 2.97. The minimum Gasteiger partial charge on any atom is -0.334 e. The van der Waals surface area contributed by atoms with Crippen molar-refractivity contribution in [2.24, 2.45) is 0 Å². The monoisotopic (exact) mass is 387 g/mol. The van der Waals surface area contributed by atoms with Crippen LogP contribution in [0.5, 0.6) is 0 Å². The number of amides is 1. The van der Waals surface area contributed by atoms with Gasteiger partial charge in [-0.2, -0.15) is 5.10 Å². The molecule has 3 rings (SSSR count). The first-order valence-electron chi connectivity index (χ1n) is 8.31. The van der Waals surface area contributed by atoms with Crippen molar-refractivity contribution in [3.8, 4) is 5.69 Å². The zero-order valence-corrected chi connectivity index (χ0v) is 15.8. The van der Waals surface area contributed by atoms with E-state index in [1.54, 1.807) is 0 Å². The third-order valence-corrected chi connectivity index (χ3v) is 4.81. The number of halogens is 1. The van der Waals surface area contributed by atoms with Crippen molar-refractivity contribution >= 4 is 21.8 Å². The van der Waals surface area contributed by atoms with Crippen LogP contribution in [0.1, 0.15) is 42.0 Å². The van der Waals surface area contributed by atoms with Crippen molar-refractivity contribution in [2.75, 3.05) is 13.1 Å². The van der Waals surface area contributed by atoms with Crippen molar-refractivity contribution in [3.05, 3.63) is 57.8 Å². The Labute approximate surface area is 151 Å². The molecular formula is C19H22BrN3O. The second kappa shape index (κ2) is 6.93. The Kier molecular flexibility index (Phi) is 4.90. The molecule has 0 aliphatic heterocycles. The molecule has 0 saturated heterocycles. The number of rotatable bonds is 5. The van der Waals surface area contributed by atoms with Crippen LogP contribution in [0.4, 0.5) is 0 Å². The molecule has 126 valence electrons. The molecule has 0 fully saturated rings. The van der Waals surface area contributed by atoms with E-state index in [-0.39, 0.29) is 5.91 Å². The molecule has 2 aromatic rings. The number of aromatic nitrogens is 2. The summed E-state index contributed by atoms with van der Waals surface area (Å²) < 4.78 is 2.95. The highest BCUT2D eigenvalue weighted by Gasteiger charge is 2.29. The lowest BCUT2D eigenvalue weighted by molar-refractivity contribution is 0.0771. The molecule has 1 aliphatic rings. The average Bonchev–Trinajstić information content (AvgIpc) is 3.13. The molecule has 0 bridgehead atoms. The van der Waals surface area contributed by atoms with Gasteiger partial charge in [-0.05, 0) is 51.3 Å². The van der Waals surface area contributed by atoms with Crippen molar-refractivity contribution in [1.82, 2.24) is 14.7 Å². The zero-order chi connectivity index (χ0) is 17.3. The van der Waals surface area contributed by atoms with Gasteiger partial charge in [-0.1, -0.05) is 34.1 Å². The van der Waals surface area contributed by atoms with Crippen LogP contribution in [0.2, 0.25) is 0 Å². The van der Waals surface area contributed by atoms with Crippen LogP contribution in [-0.2, 0) is 12.8 Å². The molecular weight excluding hydrogens is 366 g/mol. The number of hydrogen-bond donors (Lipinski definition) is 0. The summed E-state index contributed by atoms with van der Waals surface area (Å²) >= 11 is 3.51. The minimum absolute atomic E-state index is 0.00685. The van der Waals surface area contributed by atoms with Gasteiger partial charge in [0.25, 0.3) is 5.91 Å². The maximum atomic E-state index is 13.0. The van der Waals surface area contributed by atoms with E-state index < -0.39 is 0 Å². The fraction of sp³-hybridized carbons (Fsp3) is 0.368. The molecule has 5 heteroatoms. The maximum absolute atomic E-state index is 13.0. The van der Waals surface area contributed by atoms with Gasteiger partial charge in [-0.15, -0.1) is 0 Å². The smallest absolute Gasteiger partial charge is 0.274 e. The molecule has 0 unspecified atom stereocenters. The molecule has 1 aliphatic carbocycles. The summed E-state index contributed by atoms with van der Waals surface area (Å²) in [5, 5.41) is 4.69. The number of hydrogen-bond acceptors (Lipinski definition) is 2. The van der Waals surface area contributed by atoms with Crippen molar-refractivity contribution in [1.29, 1.82) is 0 Å². The highest BCUT2D eigenvalue weighted by molar-refractivity contribution is 9.10. The van der Waals surface area contributed by atoms with Gasteiger partial charge in [0.2, 0.25) is 0 Å². The molecule has 0 spiro atoms. The molecule has 0 N–H and O–H groups in total.